The van der Waals surface area contributed by atoms with Gasteiger partial charge >= 0.3 is 0 Å². The van der Waals surface area contributed by atoms with Crippen molar-refractivity contribution in [2.45, 2.75) is 81.5 Å². The van der Waals surface area contributed by atoms with Crippen LogP contribution < -0.4 is 14.4 Å². The molecule has 0 radical (unpaired) electrons. The summed E-state index contributed by atoms with van der Waals surface area (Å²) < 4.78 is 23.5. The summed E-state index contributed by atoms with van der Waals surface area (Å²) in [6, 6.07) is 11.7. The van der Waals surface area contributed by atoms with Crippen LogP contribution in [0.2, 0.25) is 5.02 Å². The van der Waals surface area contributed by atoms with Gasteiger partial charge in [0, 0.05) is 54.0 Å². The van der Waals surface area contributed by atoms with Crippen LogP contribution in [0.5, 0.6) is 5.75 Å². The van der Waals surface area contributed by atoms with Crippen molar-refractivity contribution in [3.05, 3.63) is 58.1 Å². The van der Waals surface area contributed by atoms with Crippen LogP contribution >= 0.6 is 11.6 Å². The van der Waals surface area contributed by atoms with Gasteiger partial charge in [0.15, 0.2) is 0 Å². The Kier molecular flexibility index (Phi) is 10.4. The normalized spacial score (nSPS) is 34.2. The number of amides is 2. The van der Waals surface area contributed by atoms with Crippen molar-refractivity contribution in [1.82, 2.24) is 14.5 Å². The molecule has 2 bridgehead atoms. The van der Waals surface area contributed by atoms with Crippen LogP contribution in [0.1, 0.15) is 80.3 Å². The van der Waals surface area contributed by atoms with E-state index < -0.39 is 21.2 Å². The van der Waals surface area contributed by atoms with Crippen molar-refractivity contribution < 1.29 is 23.6 Å². The second-order valence-corrected chi connectivity index (χ2v) is 19.1. The number of nitrogens with one attached hydrogen (secondary N) is 1. The molecule has 2 amide bonds. The Morgan fingerprint density at radius 1 is 1.12 bits per heavy atom. The number of nitrogens with zero attached hydrogens (tertiary/aromatic N) is 3. The van der Waals surface area contributed by atoms with Crippen molar-refractivity contribution in [3.63, 3.8) is 0 Å². The average Bonchev–Trinajstić information content (AvgIpc) is 3.23. The van der Waals surface area contributed by atoms with E-state index >= 15 is 0 Å². The van der Waals surface area contributed by atoms with E-state index in [2.05, 4.69) is 38.4 Å². The second-order valence-electron chi connectivity index (χ2n) is 16.3. The highest BCUT2D eigenvalue weighted by molar-refractivity contribution is 7.99. The molecule has 7 atom stereocenters. The van der Waals surface area contributed by atoms with Crippen molar-refractivity contribution in [2.24, 2.45) is 17.8 Å². The maximum Gasteiger partial charge on any atom is 0.262 e. The molecule has 9 nitrogen and oxygen atoms in total. The number of carbonyl (C=O) groups is 2. The molecule has 3 heterocycles. The Hall–Kier alpha value is -3.23. The first kappa shape index (κ1) is 37.1. The predicted octanol–water partition coefficient (Wildman–Crippen LogP) is 4.92. The predicted molar refractivity (Wildman–Crippen MR) is 208 cm³/mol. The first-order valence-corrected chi connectivity index (χ1v) is 21.1. The summed E-state index contributed by atoms with van der Waals surface area (Å²) in [5.74, 6) is 7.13. The molecule has 2 aromatic carbocycles. The minimum Gasteiger partial charge on any atom is -0.490 e. The average molecular weight is 749 g/mol. The molecule has 2 N–H and O–H groups in total. The molecule has 2 fully saturated rings. The molecule has 5 aliphatic rings. The van der Waals surface area contributed by atoms with Gasteiger partial charge in [-0.05, 0) is 117 Å². The lowest BCUT2D eigenvalue weighted by molar-refractivity contribution is -0.141. The number of aryl methyl sites for hydroxylation is 1. The number of aliphatic hydroxyl groups is 1. The molecule has 52 heavy (non-hydrogen) atoms. The third kappa shape index (κ3) is 7.19. The number of hydrogen-bond donors (Lipinski definition) is 2. The summed E-state index contributed by atoms with van der Waals surface area (Å²) in [5.41, 5.74) is 2.45. The molecule has 7 rings (SSSR count). The number of benzene rings is 2. The molecule has 2 aliphatic carbocycles. The summed E-state index contributed by atoms with van der Waals surface area (Å²) in [5, 5.41) is 13.2. The number of ether oxygens (including phenoxy) is 1. The van der Waals surface area contributed by atoms with Gasteiger partial charge in [-0.15, -0.1) is 6.42 Å². The Balaban J connectivity index is 1.26. The Labute approximate surface area is 314 Å². The molecule has 1 saturated carbocycles. The van der Waals surface area contributed by atoms with Crippen LogP contribution in [0.25, 0.3) is 0 Å². The molecule has 2 aromatic rings. The van der Waals surface area contributed by atoms with Gasteiger partial charge in [-0.3, -0.25) is 19.2 Å². The van der Waals surface area contributed by atoms with Gasteiger partial charge in [-0.1, -0.05) is 36.9 Å². The monoisotopic (exact) mass is 748 g/mol. The summed E-state index contributed by atoms with van der Waals surface area (Å²) in [6.07, 6.45) is 12.4. The third-order valence-corrected chi connectivity index (χ3v) is 15.4. The maximum absolute atomic E-state index is 14.0. The van der Waals surface area contributed by atoms with Crippen LogP contribution in [0.15, 0.2) is 36.4 Å². The lowest BCUT2D eigenvalue weighted by Crippen LogP contribution is -2.60. The van der Waals surface area contributed by atoms with E-state index in [-0.39, 0.29) is 40.9 Å². The summed E-state index contributed by atoms with van der Waals surface area (Å²) >= 11 is 6.48. The third-order valence-electron chi connectivity index (χ3n) is 13.0. The number of hydrogen-bond acceptors (Lipinski definition) is 7. The fraction of sp³-hybridized carbons (Fsp3) is 0.585. The molecule has 0 aromatic heterocycles. The van der Waals surface area contributed by atoms with Gasteiger partial charge in [0.2, 0.25) is 5.91 Å². The zero-order chi connectivity index (χ0) is 36.8. The molecular weight excluding hydrogens is 696 g/mol. The fourth-order valence-electron chi connectivity index (χ4n) is 9.62. The molecule has 11 heteroatoms. The SMILES string of the molecule is C#CCN1CCN(C[C@@]2(O)CCC[C@H](C)[C@@H](C)S(=C)(=O)NC(=O)c3ccc4c(c3)N(C[C@@H]3CC[C@H]32)C[C@@]2(CCCc3cc(Cl)ccc32)CO4)CC1=O. The van der Waals surface area contributed by atoms with Crippen molar-refractivity contribution in [1.29, 1.82) is 0 Å². The minimum absolute atomic E-state index is 0.00260. The lowest BCUT2D eigenvalue weighted by Gasteiger charge is -2.52. The molecular formula is C41H53ClN4O5S. The molecule has 3 aliphatic heterocycles. The van der Waals surface area contributed by atoms with Crippen LogP contribution in [0.3, 0.4) is 0 Å². The zero-order valence-electron chi connectivity index (χ0n) is 30.6. The highest BCUT2D eigenvalue weighted by Crippen LogP contribution is 2.49. The van der Waals surface area contributed by atoms with Crippen LogP contribution in [-0.4, -0.2) is 100 Å². The van der Waals surface area contributed by atoms with Gasteiger partial charge < -0.3 is 19.6 Å². The maximum atomic E-state index is 14.0. The van der Waals surface area contributed by atoms with Crippen molar-refractivity contribution in [3.8, 4) is 18.1 Å². The van der Waals surface area contributed by atoms with E-state index in [9.17, 15) is 18.9 Å². The standard InChI is InChI=1S/C41H53ClN4O5S/c1-5-18-45-20-19-44(24-38(45)47)26-41(49)17-6-8-28(2)29(3)52(4,50)43-39(48)31-11-15-37-36(22-31)46(23-32-10-13-35(32)41)25-40(27-51-37)16-7-9-30-21-33(42)12-14-34(30)40/h1,11-12,14-15,21-22,28-29,32,35,49H,4,6-10,13,16-20,23-27H2,2-3H3,(H,43,48,50)/t28-,29+,32-,35+,40-,41-,52?/m0/s1. The second kappa shape index (κ2) is 14.5. The zero-order valence-corrected chi connectivity index (χ0v) is 32.2. The molecule has 1 spiro atoms. The number of halogens is 1. The van der Waals surface area contributed by atoms with E-state index in [0.29, 0.717) is 63.6 Å². The summed E-state index contributed by atoms with van der Waals surface area (Å²) in [4.78, 5) is 33.0. The van der Waals surface area contributed by atoms with Crippen LogP contribution in [0.4, 0.5) is 5.69 Å². The van der Waals surface area contributed by atoms with Crippen LogP contribution in [-0.2, 0) is 26.3 Å². The van der Waals surface area contributed by atoms with Crippen molar-refractivity contribution in [2.75, 3.05) is 57.3 Å². The highest BCUT2D eigenvalue weighted by Gasteiger charge is 2.50. The number of β-amino-alcohol motifs (C(OH)–C–C–N with tert-alkyl or cyclic N) is 1. The smallest absolute Gasteiger partial charge is 0.262 e. The van der Waals surface area contributed by atoms with E-state index in [0.717, 1.165) is 55.7 Å². The Bertz CT molecular complexity index is 1860. The number of terminal acetylenes is 1. The topological polar surface area (TPSA) is 102 Å². The fourth-order valence-corrected chi connectivity index (χ4v) is 11.3. The largest absolute Gasteiger partial charge is 0.490 e. The van der Waals surface area contributed by atoms with E-state index in [4.69, 9.17) is 22.8 Å². The first-order chi connectivity index (χ1) is 24.8. The number of rotatable bonds is 3. The van der Waals surface area contributed by atoms with Gasteiger partial charge in [0.05, 0.1) is 40.7 Å². The summed E-state index contributed by atoms with van der Waals surface area (Å²) in [6.45, 7) is 7.97. The van der Waals surface area contributed by atoms with E-state index in [1.54, 1.807) is 11.0 Å². The quantitative estimate of drug-likeness (QED) is 0.340. The van der Waals surface area contributed by atoms with Gasteiger partial charge in [-0.25, -0.2) is 4.21 Å². The number of carbonyl (C=O) groups excluding carboxylic acids is 2. The Morgan fingerprint density at radius 2 is 1.94 bits per heavy atom. The lowest BCUT2D eigenvalue weighted by atomic mass is 9.62. The van der Waals surface area contributed by atoms with Gasteiger partial charge in [-0.2, -0.15) is 0 Å². The van der Waals surface area contributed by atoms with E-state index in [1.807, 2.05) is 32.0 Å². The molecule has 1 saturated heterocycles. The van der Waals surface area contributed by atoms with E-state index in [1.165, 1.54) is 11.1 Å². The Morgan fingerprint density at radius 3 is 2.69 bits per heavy atom. The van der Waals surface area contributed by atoms with Crippen molar-refractivity contribution >= 4 is 44.7 Å². The summed E-state index contributed by atoms with van der Waals surface area (Å²) in [7, 11) is -2.99. The van der Waals surface area contributed by atoms with Gasteiger partial charge in [0.1, 0.15) is 5.75 Å². The number of fused-ring (bicyclic) bond motifs is 4. The first-order valence-electron chi connectivity index (χ1n) is 19.0. The molecule has 280 valence electrons. The van der Waals surface area contributed by atoms with Crippen LogP contribution in [0, 0.1) is 30.1 Å². The minimum atomic E-state index is -2.99. The number of piperazine rings is 1. The van der Waals surface area contributed by atoms with Gasteiger partial charge in [0.25, 0.3) is 5.91 Å². The highest BCUT2D eigenvalue weighted by atomic mass is 35.5. The molecule has 1 unspecified atom stereocenters. The number of anilines is 1.